The van der Waals surface area contributed by atoms with E-state index in [1.165, 1.54) is 0 Å². The van der Waals surface area contributed by atoms with Gasteiger partial charge in [0, 0.05) is 11.2 Å². The second kappa shape index (κ2) is 5.15. The Bertz CT molecular complexity index is 514. The predicted octanol–water partition coefficient (Wildman–Crippen LogP) is 3.61. The Morgan fingerprint density at radius 2 is 2.00 bits per heavy atom. The Morgan fingerprint density at radius 1 is 1.24 bits per heavy atom. The van der Waals surface area contributed by atoms with Crippen LogP contribution in [0.4, 0.5) is 5.82 Å². The first-order chi connectivity index (χ1) is 8.16. The van der Waals surface area contributed by atoms with Gasteiger partial charge in [0.1, 0.15) is 5.82 Å². The number of nitrogens with one attached hydrogen (secondary N) is 1. The van der Waals surface area contributed by atoms with Crippen LogP contribution >= 0.6 is 11.6 Å². The van der Waals surface area contributed by atoms with E-state index in [1.807, 2.05) is 38.1 Å². The van der Waals surface area contributed by atoms with Crippen molar-refractivity contribution in [3.8, 4) is 0 Å². The molecule has 0 aliphatic rings. The van der Waals surface area contributed by atoms with E-state index in [2.05, 4.69) is 15.3 Å². The summed E-state index contributed by atoms with van der Waals surface area (Å²) in [5.41, 5.74) is 1.94. The van der Waals surface area contributed by atoms with Gasteiger partial charge in [-0.15, -0.1) is 0 Å². The fraction of sp³-hybridized carbons (Fsp3) is 0.231. The molecule has 0 unspecified atom stereocenters. The van der Waals surface area contributed by atoms with Crippen LogP contribution in [-0.4, -0.2) is 9.97 Å². The molecule has 1 N–H and O–H groups in total. The number of rotatable bonds is 3. The molecule has 1 aromatic carbocycles. The molecule has 1 aromatic heterocycles. The molecule has 4 heteroatoms. The summed E-state index contributed by atoms with van der Waals surface area (Å²) in [5, 5.41) is 4.04. The number of aromatic nitrogens is 2. The van der Waals surface area contributed by atoms with Crippen LogP contribution in [0.1, 0.15) is 24.2 Å². The standard InChI is InChI=1S/C13H14ClN3/c1-9-7-15-8-13(16-9)17-10(2)11-5-3-4-6-12(11)14/h3-8,10H,1-2H3,(H,16,17)/t10-/m1/s1. The van der Waals surface area contributed by atoms with Crippen LogP contribution in [0, 0.1) is 6.92 Å². The molecule has 0 spiro atoms. The summed E-state index contributed by atoms with van der Waals surface area (Å²) in [7, 11) is 0. The molecule has 88 valence electrons. The highest BCUT2D eigenvalue weighted by atomic mass is 35.5. The molecule has 0 aliphatic heterocycles. The highest BCUT2D eigenvalue weighted by Gasteiger charge is 2.09. The lowest BCUT2D eigenvalue weighted by Gasteiger charge is -2.16. The number of anilines is 1. The van der Waals surface area contributed by atoms with Gasteiger partial charge in [0.25, 0.3) is 0 Å². The Labute approximate surface area is 106 Å². The molecule has 1 atom stereocenters. The molecule has 0 bridgehead atoms. The van der Waals surface area contributed by atoms with E-state index >= 15 is 0 Å². The number of halogens is 1. The van der Waals surface area contributed by atoms with Gasteiger partial charge >= 0.3 is 0 Å². The van der Waals surface area contributed by atoms with Crippen molar-refractivity contribution in [2.75, 3.05) is 5.32 Å². The van der Waals surface area contributed by atoms with E-state index in [9.17, 15) is 0 Å². The van der Waals surface area contributed by atoms with E-state index in [1.54, 1.807) is 12.4 Å². The van der Waals surface area contributed by atoms with Gasteiger partial charge in [-0.1, -0.05) is 29.8 Å². The first kappa shape index (κ1) is 11.9. The summed E-state index contributed by atoms with van der Waals surface area (Å²) in [4.78, 5) is 8.45. The highest BCUT2D eigenvalue weighted by molar-refractivity contribution is 6.31. The number of nitrogens with zero attached hydrogens (tertiary/aromatic N) is 2. The third-order valence-electron chi connectivity index (χ3n) is 2.49. The van der Waals surface area contributed by atoms with E-state index in [0.29, 0.717) is 0 Å². The lowest BCUT2D eigenvalue weighted by molar-refractivity contribution is 0.868. The Balaban J connectivity index is 2.17. The van der Waals surface area contributed by atoms with Crippen molar-refractivity contribution >= 4 is 17.4 Å². The van der Waals surface area contributed by atoms with Crippen molar-refractivity contribution in [3.63, 3.8) is 0 Å². The minimum Gasteiger partial charge on any atom is -0.362 e. The topological polar surface area (TPSA) is 37.8 Å². The van der Waals surface area contributed by atoms with Gasteiger partial charge in [-0.3, -0.25) is 4.98 Å². The van der Waals surface area contributed by atoms with Crippen LogP contribution < -0.4 is 5.32 Å². The second-order valence-corrected chi connectivity index (χ2v) is 4.34. The van der Waals surface area contributed by atoms with Gasteiger partial charge in [-0.05, 0) is 25.5 Å². The second-order valence-electron chi connectivity index (χ2n) is 3.93. The third kappa shape index (κ3) is 2.94. The van der Waals surface area contributed by atoms with Crippen LogP contribution in [0.5, 0.6) is 0 Å². The van der Waals surface area contributed by atoms with Gasteiger partial charge in [0.15, 0.2) is 0 Å². The van der Waals surface area contributed by atoms with Crippen molar-refractivity contribution in [2.45, 2.75) is 19.9 Å². The van der Waals surface area contributed by atoms with Crippen molar-refractivity contribution in [1.29, 1.82) is 0 Å². The van der Waals surface area contributed by atoms with Gasteiger partial charge in [-0.25, -0.2) is 4.98 Å². The molecule has 0 amide bonds. The SMILES string of the molecule is Cc1cncc(N[C@H](C)c2ccccc2Cl)n1. The van der Waals surface area contributed by atoms with Crippen molar-refractivity contribution in [3.05, 3.63) is 52.9 Å². The first-order valence-corrected chi connectivity index (χ1v) is 5.84. The van der Waals surface area contributed by atoms with E-state index in [0.717, 1.165) is 22.1 Å². The van der Waals surface area contributed by atoms with Gasteiger partial charge in [0.2, 0.25) is 0 Å². The molecule has 1 heterocycles. The average molecular weight is 248 g/mol. The zero-order chi connectivity index (χ0) is 12.3. The van der Waals surface area contributed by atoms with Crippen LogP contribution in [0.15, 0.2) is 36.7 Å². The maximum atomic E-state index is 6.14. The quantitative estimate of drug-likeness (QED) is 0.900. The van der Waals surface area contributed by atoms with Gasteiger partial charge < -0.3 is 5.32 Å². The van der Waals surface area contributed by atoms with E-state index in [4.69, 9.17) is 11.6 Å². The third-order valence-corrected chi connectivity index (χ3v) is 2.84. The average Bonchev–Trinajstić information content (AvgIpc) is 2.29. The number of hydrogen-bond acceptors (Lipinski definition) is 3. The lowest BCUT2D eigenvalue weighted by Crippen LogP contribution is -2.09. The van der Waals surface area contributed by atoms with Crippen LogP contribution in [0.3, 0.4) is 0 Å². The van der Waals surface area contributed by atoms with E-state index in [-0.39, 0.29) is 6.04 Å². The number of aryl methyl sites for hydroxylation is 1. The summed E-state index contributed by atoms with van der Waals surface area (Å²) in [6, 6.07) is 7.88. The highest BCUT2D eigenvalue weighted by Crippen LogP contribution is 2.24. The molecule has 0 fully saturated rings. The Hall–Kier alpha value is -1.61. The monoisotopic (exact) mass is 247 g/mol. The molecule has 2 rings (SSSR count). The summed E-state index contributed by atoms with van der Waals surface area (Å²) in [6.07, 6.45) is 3.44. The molecule has 3 nitrogen and oxygen atoms in total. The predicted molar refractivity (Wildman–Crippen MR) is 70.3 cm³/mol. The van der Waals surface area contributed by atoms with Crippen LogP contribution in [0.25, 0.3) is 0 Å². The molecular formula is C13H14ClN3. The minimum absolute atomic E-state index is 0.0970. The largest absolute Gasteiger partial charge is 0.362 e. The maximum absolute atomic E-state index is 6.14. The summed E-state index contributed by atoms with van der Waals surface area (Å²) >= 11 is 6.14. The molecule has 17 heavy (non-hydrogen) atoms. The summed E-state index contributed by atoms with van der Waals surface area (Å²) in [5.74, 6) is 0.761. The molecule has 0 radical (unpaired) electrons. The summed E-state index contributed by atoms with van der Waals surface area (Å²) < 4.78 is 0. The molecule has 0 aliphatic carbocycles. The van der Waals surface area contributed by atoms with E-state index < -0.39 is 0 Å². The Morgan fingerprint density at radius 3 is 2.71 bits per heavy atom. The van der Waals surface area contributed by atoms with Crippen molar-refractivity contribution in [1.82, 2.24) is 9.97 Å². The number of benzene rings is 1. The fourth-order valence-electron chi connectivity index (χ4n) is 1.66. The van der Waals surface area contributed by atoms with Crippen molar-refractivity contribution in [2.24, 2.45) is 0 Å². The first-order valence-electron chi connectivity index (χ1n) is 5.46. The van der Waals surface area contributed by atoms with Gasteiger partial charge in [0.05, 0.1) is 17.9 Å². The molecule has 0 saturated carbocycles. The molecule has 0 saturated heterocycles. The Kier molecular flexibility index (Phi) is 3.59. The number of hydrogen-bond donors (Lipinski definition) is 1. The van der Waals surface area contributed by atoms with Crippen LogP contribution in [0.2, 0.25) is 5.02 Å². The van der Waals surface area contributed by atoms with Crippen molar-refractivity contribution < 1.29 is 0 Å². The fourth-order valence-corrected chi connectivity index (χ4v) is 1.96. The van der Waals surface area contributed by atoms with Crippen LogP contribution in [-0.2, 0) is 0 Å². The smallest absolute Gasteiger partial charge is 0.145 e. The van der Waals surface area contributed by atoms with Gasteiger partial charge in [-0.2, -0.15) is 0 Å². The summed E-state index contributed by atoms with van der Waals surface area (Å²) in [6.45, 7) is 3.96. The minimum atomic E-state index is 0.0970. The maximum Gasteiger partial charge on any atom is 0.145 e. The lowest BCUT2D eigenvalue weighted by atomic mass is 10.1. The zero-order valence-electron chi connectivity index (χ0n) is 9.81. The molecular weight excluding hydrogens is 234 g/mol. The molecule has 2 aromatic rings. The normalized spacial score (nSPS) is 12.2. The zero-order valence-corrected chi connectivity index (χ0v) is 10.6.